The van der Waals surface area contributed by atoms with E-state index in [4.69, 9.17) is 9.15 Å². The molecule has 0 radical (unpaired) electrons. The monoisotopic (exact) mass is 246 g/mol. The van der Waals surface area contributed by atoms with Crippen LogP contribution in [0.2, 0.25) is 0 Å². The molecule has 0 aliphatic carbocycles. The molecule has 0 amide bonds. The van der Waals surface area contributed by atoms with Gasteiger partial charge in [-0.15, -0.1) is 0 Å². The predicted molar refractivity (Wildman–Crippen MR) is 74.2 cm³/mol. The van der Waals surface area contributed by atoms with Crippen molar-refractivity contribution in [1.82, 2.24) is 0 Å². The van der Waals surface area contributed by atoms with Crippen LogP contribution in [-0.2, 0) is 4.74 Å². The van der Waals surface area contributed by atoms with E-state index in [0.717, 1.165) is 25.0 Å². The minimum atomic E-state index is 0.139. The molecule has 2 rings (SSSR count). The van der Waals surface area contributed by atoms with Gasteiger partial charge in [0.25, 0.3) is 0 Å². The fourth-order valence-electron chi connectivity index (χ4n) is 2.40. The summed E-state index contributed by atoms with van der Waals surface area (Å²) in [4.78, 5) is 0. The van der Waals surface area contributed by atoms with Crippen LogP contribution in [0.3, 0.4) is 0 Å². The molecule has 2 nitrogen and oxygen atoms in total. The fraction of sp³-hybridized carbons (Fsp3) is 0.500. The Balaban J connectivity index is 1.94. The summed E-state index contributed by atoms with van der Waals surface area (Å²) in [6, 6.07) is 3.83. The molecule has 2 atom stereocenters. The summed E-state index contributed by atoms with van der Waals surface area (Å²) in [6.07, 6.45) is 9.23. The van der Waals surface area contributed by atoms with Crippen LogP contribution in [-0.4, -0.2) is 12.2 Å². The number of hydrogen-bond donors (Lipinski definition) is 0. The van der Waals surface area contributed by atoms with Gasteiger partial charge in [-0.2, -0.15) is 0 Å². The number of furan rings is 1. The maximum Gasteiger partial charge on any atom is 0.126 e. The van der Waals surface area contributed by atoms with Crippen molar-refractivity contribution in [2.75, 3.05) is 0 Å². The highest BCUT2D eigenvalue weighted by atomic mass is 16.5. The van der Waals surface area contributed by atoms with Gasteiger partial charge in [0.2, 0.25) is 0 Å². The van der Waals surface area contributed by atoms with Crippen molar-refractivity contribution in [3.05, 3.63) is 42.4 Å². The van der Waals surface area contributed by atoms with Crippen molar-refractivity contribution in [3.8, 4) is 0 Å². The van der Waals surface area contributed by atoms with Crippen LogP contribution in [0.25, 0.3) is 6.08 Å². The standard InChI is InChI=1S/C16H22O2/c1-12(2)9-16-11-13(3)10-15(18-16)7-6-14-5-4-8-17-14/h4-8,12,15-16H,3,9-11H2,1-2H3/b7-6+/t15-,16+/m1/s1. The Bertz CT molecular complexity index is 401. The number of hydrogen-bond acceptors (Lipinski definition) is 2. The van der Waals surface area contributed by atoms with Gasteiger partial charge in [0.15, 0.2) is 0 Å². The van der Waals surface area contributed by atoms with Gasteiger partial charge in [0, 0.05) is 0 Å². The third kappa shape index (κ3) is 3.88. The largest absolute Gasteiger partial charge is 0.465 e. The van der Waals surface area contributed by atoms with E-state index < -0.39 is 0 Å². The Hall–Kier alpha value is -1.28. The number of rotatable bonds is 4. The molecule has 0 spiro atoms. The van der Waals surface area contributed by atoms with Crippen molar-refractivity contribution in [3.63, 3.8) is 0 Å². The Kier molecular flexibility index (Phi) is 4.43. The molecule has 1 aromatic rings. The van der Waals surface area contributed by atoms with Gasteiger partial charge < -0.3 is 9.15 Å². The van der Waals surface area contributed by atoms with E-state index in [1.54, 1.807) is 6.26 Å². The highest BCUT2D eigenvalue weighted by Gasteiger charge is 2.23. The molecule has 1 aromatic heterocycles. The quantitative estimate of drug-likeness (QED) is 0.733. The zero-order valence-electron chi connectivity index (χ0n) is 11.3. The van der Waals surface area contributed by atoms with Crippen molar-refractivity contribution >= 4 is 6.08 Å². The second-order valence-corrected chi connectivity index (χ2v) is 5.46. The molecule has 98 valence electrons. The minimum Gasteiger partial charge on any atom is -0.465 e. The topological polar surface area (TPSA) is 22.4 Å². The second-order valence-electron chi connectivity index (χ2n) is 5.46. The molecular formula is C16H22O2. The molecule has 1 saturated heterocycles. The van der Waals surface area contributed by atoms with Gasteiger partial charge in [-0.05, 0) is 43.4 Å². The van der Waals surface area contributed by atoms with Crippen LogP contribution in [0.5, 0.6) is 0 Å². The van der Waals surface area contributed by atoms with Gasteiger partial charge in [0.05, 0.1) is 18.5 Å². The Morgan fingerprint density at radius 2 is 2.28 bits per heavy atom. The van der Waals surface area contributed by atoms with Crippen LogP contribution in [0.15, 0.2) is 41.0 Å². The molecule has 0 N–H and O–H groups in total. The molecule has 1 aliphatic rings. The first-order valence-electron chi connectivity index (χ1n) is 6.67. The SMILES string of the molecule is C=C1C[C@H](CC(C)C)O[C@H](/C=C/c2ccco2)C1. The molecule has 2 heteroatoms. The van der Waals surface area contributed by atoms with E-state index in [9.17, 15) is 0 Å². The maximum absolute atomic E-state index is 6.08. The van der Waals surface area contributed by atoms with E-state index in [2.05, 4.69) is 26.5 Å². The Morgan fingerprint density at radius 1 is 1.44 bits per heavy atom. The second kappa shape index (κ2) is 6.05. The molecule has 1 aliphatic heterocycles. The summed E-state index contributed by atoms with van der Waals surface area (Å²) in [5, 5.41) is 0. The van der Waals surface area contributed by atoms with Crippen LogP contribution >= 0.6 is 0 Å². The smallest absolute Gasteiger partial charge is 0.126 e. The summed E-state index contributed by atoms with van der Waals surface area (Å²) in [6.45, 7) is 8.59. The lowest BCUT2D eigenvalue weighted by Gasteiger charge is -2.31. The van der Waals surface area contributed by atoms with Crippen molar-refractivity contribution in [2.45, 2.75) is 45.3 Å². The highest BCUT2D eigenvalue weighted by Crippen LogP contribution is 2.27. The first-order valence-corrected chi connectivity index (χ1v) is 6.67. The average Bonchev–Trinajstić information content (AvgIpc) is 2.77. The van der Waals surface area contributed by atoms with Crippen LogP contribution in [0.1, 0.15) is 38.9 Å². The van der Waals surface area contributed by atoms with Crippen LogP contribution in [0, 0.1) is 5.92 Å². The van der Waals surface area contributed by atoms with Crippen LogP contribution < -0.4 is 0 Å². The third-order valence-corrected chi connectivity index (χ3v) is 3.13. The number of ether oxygens (including phenoxy) is 1. The van der Waals surface area contributed by atoms with Crippen molar-refractivity contribution in [2.24, 2.45) is 5.92 Å². The summed E-state index contributed by atoms with van der Waals surface area (Å²) in [7, 11) is 0. The minimum absolute atomic E-state index is 0.139. The van der Waals surface area contributed by atoms with E-state index in [-0.39, 0.29) is 6.10 Å². The lowest BCUT2D eigenvalue weighted by atomic mass is 9.94. The lowest BCUT2D eigenvalue weighted by Crippen LogP contribution is -2.28. The van der Waals surface area contributed by atoms with E-state index >= 15 is 0 Å². The third-order valence-electron chi connectivity index (χ3n) is 3.13. The summed E-state index contributed by atoms with van der Waals surface area (Å²) < 4.78 is 11.4. The summed E-state index contributed by atoms with van der Waals surface area (Å²) >= 11 is 0. The van der Waals surface area contributed by atoms with E-state index in [0.29, 0.717) is 12.0 Å². The van der Waals surface area contributed by atoms with Gasteiger partial charge in [-0.3, -0.25) is 0 Å². The van der Waals surface area contributed by atoms with Crippen molar-refractivity contribution in [1.29, 1.82) is 0 Å². The molecule has 0 bridgehead atoms. The molecule has 18 heavy (non-hydrogen) atoms. The van der Waals surface area contributed by atoms with Crippen LogP contribution in [0.4, 0.5) is 0 Å². The summed E-state index contributed by atoms with van der Waals surface area (Å²) in [5.41, 5.74) is 1.29. The van der Waals surface area contributed by atoms with E-state index in [1.165, 1.54) is 5.57 Å². The Morgan fingerprint density at radius 3 is 2.94 bits per heavy atom. The Labute approximate surface area is 109 Å². The maximum atomic E-state index is 6.08. The normalized spacial score (nSPS) is 25.2. The van der Waals surface area contributed by atoms with Gasteiger partial charge in [0.1, 0.15) is 5.76 Å². The van der Waals surface area contributed by atoms with Gasteiger partial charge in [-0.25, -0.2) is 0 Å². The molecule has 1 fully saturated rings. The first-order chi connectivity index (χ1) is 8.63. The zero-order chi connectivity index (χ0) is 13.0. The fourth-order valence-corrected chi connectivity index (χ4v) is 2.40. The lowest BCUT2D eigenvalue weighted by molar-refractivity contribution is -0.0157. The molecule has 0 aromatic carbocycles. The molecule has 0 saturated carbocycles. The van der Waals surface area contributed by atoms with E-state index in [1.807, 2.05) is 18.2 Å². The molecular weight excluding hydrogens is 224 g/mol. The first kappa shape index (κ1) is 13.2. The highest BCUT2D eigenvalue weighted by molar-refractivity contribution is 5.43. The van der Waals surface area contributed by atoms with Gasteiger partial charge in [-0.1, -0.05) is 32.1 Å². The average molecular weight is 246 g/mol. The zero-order valence-corrected chi connectivity index (χ0v) is 11.3. The molecule has 2 heterocycles. The summed E-state index contributed by atoms with van der Waals surface area (Å²) in [5.74, 6) is 1.53. The van der Waals surface area contributed by atoms with Gasteiger partial charge >= 0.3 is 0 Å². The molecule has 0 unspecified atom stereocenters. The van der Waals surface area contributed by atoms with Crippen molar-refractivity contribution < 1.29 is 9.15 Å². The predicted octanol–water partition coefficient (Wildman–Crippen LogP) is 4.44.